The molecule has 0 saturated heterocycles. The van der Waals surface area contributed by atoms with Crippen LogP contribution in [0.5, 0.6) is 5.75 Å². The molecular weight excluding hydrogens is 544 g/mol. The number of hydrogen-bond donors (Lipinski definition) is 0. The quantitative estimate of drug-likeness (QED) is 0.229. The summed E-state index contributed by atoms with van der Waals surface area (Å²) in [5.41, 5.74) is 4.76. The predicted octanol–water partition coefficient (Wildman–Crippen LogP) is 5.84. The van der Waals surface area contributed by atoms with Crippen LogP contribution in [0.4, 0.5) is 0 Å². The Balaban J connectivity index is 1.39. The molecule has 6 nitrogen and oxygen atoms in total. The van der Waals surface area contributed by atoms with Crippen molar-refractivity contribution < 1.29 is 14.3 Å². The Bertz CT molecular complexity index is 2000. The third-order valence-corrected chi connectivity index (χ3v) is 8.32. The van der Waals surface area contributed by atoms with Gasteiger partial charge < -0.3 is 9.47 Å². The Morgan fingerprint density at radius 3 is 2.45 bits per heavy atom. The van der Waals surface area contributed by atoms with Gasteiger partial charge in [0.1, 0.15) is 12.4 Å². The lowest BCUT2D eigenvalue weighted by atomic mass is 9.91. The SMILES string of the molecule is CCOC(=O)C1=C(C)N=c2s/c(=C/c3ccc(OCc4ccc(C)cc4)cc3)c(=O)n2[C@@H]1c1cccc2ccccc12. The van der Waals surface area contributed by atoms with Crippen LogP contribution in [0.25, 0.3) is 16.8 Å². The van der Waals surface area contributed by atoms with Crippen molar-refractivity contribution in [2.45, 2.75) is 33.4 Å². The first kappa shape index (κ1) is 27.4. The number of benzene rings is 4. The van der Waals surface area contributed by atoms with Crippen molar-refractivity contribution in [2.75, 3.05) is 6.61 Å². The molecule has 42 heavy (non-hydrogen) atoms. The summed E-state index contributed by atoms with van der Waals surface area (Å²) in [6.07, 6.45) is 1.86. The molecule has 6 rings (SSSR count). The number of aryl methyl sites for hydroxylation is 1. The molecule has 210 valence electrons. The average molecular weight is 575 g/mol. The third kappa shape index (κ3) is 5.31. The Labute approximate surface area is 247 Å². The van der Waals surface area contributed by atoms with E-state index in [2.05, 4.69) is 31.2 Å². The fourth-order valence-corrected chi connectivity index (χ4v) is 6.28. The zero-order valence-electron chi connectivity index (χ0n) is 23.7. The maximum Gasteiger partial charge on any atom is 0.338 e. The molecule has 1 aliphatic rings. The number of carbonyl (C=O) groups excluding carboxylic acids is 1. The summed E-state index contributed by atoms with van der Waals surface area (Å²) in [5.74, 6) is 0.284. The van der Waals surface area contributed by atoms with Crippen LogP contribution in [0.3, 0.4) is 0 Å². The van der Waals surface area contributed by atoms with Crippen LogP contribution < -0.4 is 19.6 Å². The van der Waals surface area contributed by atoms with E-state index in [1.807, 2.05) is 72.8 Å². The largest absolute Gasteiger partial charge is 0.489 e. The van der Waals surface area contributed by atoms with Crippen LogP contribution in [-0.4, -0.2) is 17.1 Å². The number of hydrogen-bond acceptors (Lipinski definition) is 6. The summed E-state index contributed by atoms with van der Waals surface area (Å²) in [5, 5.41) is 2.00. The maximum absolute atomic E-state index is 14.0. The molecule has 0 bridgehead atoms. The maximum atomic E-state index is 14.0. The highest BCUT2D eigenvalue weighted by Gasteiger charge is 2.34. The van der Waals surface area contributed by atoms with Crippen LogP contribution >= 0.6 is 11.3 Å². The smallest absolute Gasteiger partial charge is 0.338 e. The summed E-state index contributed by atoms with van der Waals surface area (Å²) < 4.78 is 13.6. The zero-order chi connectivity index (χ0) is 29.2. The zero-order valence-corrected chi connectivity index (χ0v) is 24.5. The van der Waals surface area contributed by atoms with Gasteiger partial charge in [0.25, 0.3) is 5.56 Å². The van der Waals surface area contributed by atoms with Gasteiger partial charge in [0, 0.05) is 0 Å². The van der Waals surface area contributed by atoms with Crippen molar-refractivity contribution >= 4 is 34.2 Å². The van der Waals surface area contributed by atoms with Gasteiger partial charge in [-0.05, 0) is 66.4 Å². The van der Waals surface area contributed by atoms with E-state index in [9.17, 15) is 9.59 Å². The van der Waals surface area contributed by atoms with E-state index >= 15 is 0 Å². The van der Waals surface area contributed by atoms with Crippen molar-refractivity contribution in [1.29, 1.82) is 0 Å². The van der Waals surface area contributed by atoms with Gasteiger partial charge in [-0.15, -0.1) is 0 Å². The number of fused-ring (bicyclic) bond motifs is 2. The second-order valence-corrected chi connectivity index (χ2v) is 11.2. The first-order chi connectivity index (χ1) is 20.4. The molecule has 1 aromatic heterocycles. The average Bonchev–Trinajstić information content (AvgIpc) is 3.30. The number of aromatic nitrogens is 1. The third-order valence-electron chi connectivity index (χ3n) is 7.34. The molecule has 0 radical (unpaired) electrons. The first-order valence-electron chi connectivity index (χ1n) is 13.9. The van der Waals surface area contributed by atoms with E-state index in [-0.39, 0.29) is 12.2 Å². The van der Waals surface area contributed by atoms with Crippen molar-refractivity contribution in [2.24, 2.45) is 4.99 Å². The van der Waals surface area contributed by atoms with Gasteiger partial charge in [0.15, 0.2) is 4.80 Å². The van der Waals surface area contributed by atoms with Crippen molar-refractivity contribution in [1.82, 2.24) is 4.57 Å². The molecule has 0 saturated carbocycles. The molecule has 5 aromatic rings. The lowest BCUT2D eigenvalue weighted by Crippen LogP contribution is -2.40. The van der Waals surface area contributed by atoms with E-state index in [1.54, 1.807) is 18.4 Å². The van der Waals surface area contributed by atoms with Gasteiger partial charge in [-0.25, -0.2) is 9.79 Å². The van der Waals surface area contributed by atoms with Crippen LogP contribution in [0, 0.1) is 6.92 Å². The standard InChI is InChI=1S/C35H30N2O4S/c1-4-40-34(39)31-23(3)36-35-37(32(31)29-11-7-9-26-8-5-6-10-28(26)29)33(38)30(42-35)20-24-16-18-27(19-17-24)41-21-25-14-12-22(2)13-15-25/h5-20,32H,4,21H2,1-3H3/b30-20+/t32-/m1/s1. The van der Waals surface area contributed by atoms with E-state index in [0.717, 1.165) is 33.2 Å². The summed E-state index contributed by atoms with van der Waals surface area (Å²) >= 11 is 1.32. The van der Waals surface area contributed by atoms with E-state index in [0.29, 0.717) is 27.2 Å². The van der Waals surface area contributed by atoms with Crippen LogP contribution in [-0.2, 0) is 16.1 Å². The minimum absolute atomic E-state index is 0.203. The van der Waals surface area contributed by atoms with Gasteiger partial charge in [-0.3, -0.25) is 9.36 Å². The molecular formula is C35H30N2O4S. The van der Waals surface area contributed by atoms with Crippen LogP contribution in [0.2, 0.25) is 0 Å². The van der Waals surface area contributed by atoms with Crippen molar-refractivity contribution in [3.63, 3.8) is 0 Å². The number of allylic oxidation sites excluding steroid dienone is 1. The molecule has 7 heteroatoms. The summed E-state index contributed by atoms with van der Waals surface area (Å²) in [6.45, 7) is 6.34. The number of rotatable bonds is 7. The molecule has 0 fully saturated rings. The lowest BCUT2D eigenvalue weighted by Gasteiger charge is -2.25. The van der Waals surface area contributed by atoms with Crippen molar-refractivity contribution in [3.8, 4) is 5.75 Å². The van der Waals surface area contributed by atoms with Gasteiger partial charge >= 0.3 is 5.97 Å². The highest BCUT2D eigenvalue weighted by atomic mass is 32.1. The van der Waals surface area contributed by atoms with Crippen molar-refractivity contribution in [3.05, 3.63) is 144 Å². The number of thiazole rings is 1. The summed E-state index contributed by atoms with van der Waals surface area (Å²) in [7, 11) is 0. The van der Waals surface area contributed by atoms with Gasteiger partial charge in [-0.2, -0.15) is 0 Å². The Kier molecular flexibility index (Phi) is 7.59. The Morgan fingerprint density at radius 2 is 1.69 bits per heavy atom. The normalized spacial score (nSPS) is 14.9. The van der Waals surface area contributed by atoms with Gasteiger partial charge in [-0.1, -0.05) is 95.8 Å². The predicted molar refractivity (Wildman–Crippen MR) is 166 cm³/mol. The summed E-state index contributed by atoms with van der Waals surface area (Å²) in [4.78, 5) is 32.5. The first-order valence-corrected chi connectivity index (χ1v) is 14.7. The molecule has 4 aromatic carbocycles. The molecule has 1 atom stereocenters. The second kappa shape index (κ2) is 11.6. The number of carbonyl (C=O) groups is 1. The van der Waals surface area contributed by atoms with Gasteiger partial charge in [0.2, 0.25) is 0 Å². The molecule has 1 aliphatic heterocycles. The van der Waals surface area contributed by atoms with E-state index in [4.69, 9.17) is 14.5 Å². The second-order valence-electron chi connectivity index (χ2n) is 10.2. The molecule has 0 spiro atoms. The highest BCUT2D eigenvalue weighted by molar-refractivity contribution is 7.07. The molecule has 0 aliphatic carbocycles. The van der Waals surface area contributed by atoms with Crippen LogP contribution in [0.15, 0.2) is 112 Å². The molecule has 0 unspecified atom stereocenters. The number of esters is 1. The molecule has 0 N–H and O–H groups in total. The minimum Gasteiger partial charge on any atom is -0.489 e. The topological polar surface area (TPSA) is 69.9 Å². The van der Waals surface area contributed by atoms with E-state index < -0.39 is 12.0 Å². The number of ether oxygens (including phenoxy) is 2. The highest BCUT2D eigenvalue weighted by Crippen LogP contribution is 2.34. The lowest BCUT2D eigenvalue weighted by molar-refractivity contribution is -0.139. The van der Waals surface area contributed by atoms with Gasteiger partial charge in [0.05, 0.1) is 28.5 Å². The van der Waals surface area contributed by atoms with Crippen LogP contribution in [0.1, 0.15) is 42.1 Å². The fourth-order valence-electron chi connectivity index (χ4n) is 5.24. The Hall–Kier alpha value is -4.75. The molecule has 0 amide bonds. The number of nitrogens with zero attached hydrogens (tertiary/aromatic N) is 2. The monoisotopic (exact) mass is 574 g/mol. The summed E-state index contributed by atoms with van der Waals surface area (Å²) in [6, 6.07) is 29.2. The fraction of sp³-hybridized carbons (Fsp3) is 0.171. The minimum atomic E-state index is -0.661. The van der Waals surface area contributed by atoms with E-state index in [1.165, 1.54) is 16.9 Å². The Morgan fingerprint density at radius 1 is 0.952 bits per heavy atom. The molecule has 2 heterocycles.